The molecular weight excluding hydrogens is 148 g/mol. The van der Waals surface area contributed by atoms with Crippen LogP contribution >= 0.6 is 0 Å². The van der Waals surface area contributed by atoms with Crippen LogP contribution in [0.4, 0.5) is 0 Å². The molecule has 0 saturated carbocycles. The molecule has 0 aliphatic carbocycles. The molecule has 0 aromatic carbocycles. The highest BCUT2D eigenvalue weighted by molar-refractivity contribution is 4.67. The highest BCUT2D eigenvalue weighted by Crippen LogP contribution is 2.02. The Balaban J connectivity index is 3.74. The molecule has 4 nitrogen and oxygen atoms in total. The van der Waals surface area contributed by atoms with Crippen LogP contribution in [0.15, 0.2) is 0 Å². The van der Waals surface area contributed by atoms with Crippen molar-refractivity contribution in [3.63, 3.8) is 0 Å². The molecule has 0 rings (SSSR count). The molecule has 0 aromatic rings. The number of ether oxygens (including phenoxy) is 1. The minimum atomic E-state index is -0.998. The fourth-order valence-corrected chi connectivity index (χ4v) is 0.723. The first-order valence-electron chi connectivity index (χ1n) is 3.67. The average molecular weight is 164 g/mol. The Morgan fingerprint density at radius 1 is 1.18 bits per heavy atom. The molecule has 68 valence electrons. The molecule has 11 heavy (non-hydrogen) atoms. The lowest BCUT2D eigenvalue weighted by atomic mass is 10.2. The van der Waals surface area contributed by atoms with Crippen molar-refractivity contribution < 1.29 is 20.1 Å². The number of hydrogen-bond donors (Lipinski definition) is 3. The van der Waals surface area contributed by atoms with Crippen molar-refractivity contribution in [3.05, 3.63) is 0 Å². The van der Waals surface area contributed by atoms with Gasteiger partial charge in [0.25, 0.3) is 0 Å². The summed E-state index contributed by atoms with van der Waals surface area (Å²) in [5.74, 6) is 0. The van der Waals surface area contributed by atoms with Gasteiger partial charge in [-0.25, -0.2) is 0 Å². The van der Waals surface area contributed by atoms with Crippen LogP contribution in [0.5, 0.6) is 0 Å². The number of aliphatic hydroxyl groups excluding tert-OH is 3. The summed E-state index contributed by atoms with van der Waals surface area (Å²) in [5, 5.41) is 26.2. The predicted octanol–water partition coefficient (Wildman–Crippen LogP) is -0.875. The highest BCUT2D eigenvalue weighted by atomic mass is 16.5. The standard InChI is InChI=1S/C7H16O4/c1-5(2)11-7(4-9)6(10)3-8/h5-10H,3-4H2,1-2H3/t6-,7?/m0/s1. The minimum absolute atomic E-state index is 0.0617. The topological polar surface area (TPSA) is 69.9 Å². The van der Waals surface area contributed by atoms with Crippen molar-refractivity contribution in [2.45, 2.75) is 32.2 Å². The number of aliphatic hydroxyl groups is 3. The number of rotatable bonds is 5. The van der Waals surface area contributed by atoms with Gasteiger partial charge in [0.15, 0.2) is 0 Å². The molecular formula is C7H16O4. The third-order valence-electron chi connectivity index (χ3n) is 1.24. The predicted molar refractivity (Wildman–Crippen MR) is 40.2 cm³/mol. The molecule has 0 aliphatic heterocycles. The van der Waals surface area contributed by atoms with Crippen molar-refractivity contribution in [2.75, 3.05) is 13.2 Å². The van der Waals surface area contributed by atoms with E-state index in [2.05, 4.69) is 0 Å². The van der Waals surface area contributed by atoms with E-state index in [0.717, 1.165) is 0 Å². The van der Waals surface area contributed by atoms with Gasteiger partial charge in [0.2, 0.25) is 0 Å². The molecule has 1 unspecified atom stereocenters. The van der Waals surface area contributed by atoms with E-state index in [1.54, 1.807) is 13.8 Å². The molecule has 3 N–H and O–H groups in total. The Kier molecular flexibility index (Phi) is 5.41. The second-order valence-electron chi connectivity index (χ2n) is 2.66. The molecule has 0 bridgehead atoms. The third-order valence-corrected chi connectivity index (χ3v) is 1.24. The van der Waals surface area contributed by atoms with E-state index in [1.165, 1.54) is 0 Å². The molecule has 0 amide bonds. The normalized spacial score (nSPS) is 16.9. The van der Waals surface area contributed by atoms with Crippen LogP contribution in [-0.4, -0.2) is 46.8 Å². The molecule has 0 spiro atoms. The smallest absolute Gasteiger partial charge is 0.109 e. The van der Waals surface area contributed by atoms with Crippen molar-refractivity contribution in [1.82, 2.24) is 0 Å². The van der Waals surface area contributed by atoms with Gasteiger partial charge < -0.3 is 20.1 Å². The van der Waals surface area contributed by atoms with E-state index >= 15 is 0 Å². The van der Waals surface area contributed by atoms with Gasteiger partial charge in [0, 0.05) is 0 Å². The SMILES string of the molecule is CC(C)OC(CO)[C@@H](O)CO. The van der Waals surface area contributed by atoms with Gasteiger partial charge in [-0.1, -0.05) is 0 Å². The van der Waals surface area contributed by atoms with E-state index < -0.39 is 18.8 Å². The second kappa shape index (κ2) is 5.49. The summed E-state index contributed by atoms with van der Waals surface area (Å²) in [4.78, 5) is 0. The zero-order valence-electron chi connectivity index (χ0n) is 6.90. The first kappa shape index (κ1) is 10.8. The maximum absolute atomic E-state index is 9.03. The molecule has 2 atom stereocenters. The van der Waals surface area contributed by atoms with Crippen LogP contribution in [0.1, 0.15) is 13.8 Å². The van der Waals surface area contributed by atoms with Crippen molar-refractivity contribution in [2.24, 2.45) is 0 Å². The molecule has 0 aliphatic rings. The Labute approximate surface area is 66.4 Å². The van der Waals surface area contributed by atoms with Crippen LogP contribution < -0.4 is 0 Å². The highest BCUT2D eigenvalue weighted by Gasteiger charge is 2.18. The van der Waals surface area contributed by atoms with Crippen molar-refractivity contribution >= 4 is 0 Å². The van der Waals surface area contributed by atoms with E-state index in [4.69, 9.17) is 20.1 Å². The van der Waals surface area contributed by atoms with Gasteiger partial charge in [0.1, 0.15) is 12.2 Å². The van der Waals surface area contributed by atoms with Gasteiger partial charge in [0.05, 0.1) is 19.3 Å². The summed E-state index contributed by atoms with van der Waals surface area (Å²) in [6, 6.07) is 0. The largest absolute Gasteiger partial charge is 0.394 e. The molecule has 0 radical (unpaired) electrons. The summed E-state index contributed by atoms with van der Waals surface area (Å²) >= 11 is 0. The Morgan fingerprint density at radius 3 is 2.00 bits per heavy atom. The number of hydrogen-bond acceptors (Lipinski definition) is 4. The van der Waals surface area contributed by atoms with Gasteiger partial charge >= 0.3 is 0 Å². The van der Waals surface area contributed by atoms with E-state index in [9.17, 15) is 0 Å². The monoisotopic (exact) mass is 164 g/mol. The van der Waals surface area contributed by atoms with E-state index in [0.29, 0.717) is 0 Å². The van der Waals surface area contributed by atoms with Crippen LogP contribution in [0, 0.1) is 0 Å². The van der Waals surface area contributed by atoms with E-state index in [-0.39, 0.29) is 12.7 Å². The lowest BCUT2D eigenvalue weighted by molar-refractivity contribution is -0.100. The zero-order chi connectivity index (χ0) is 8.85. The van der Waals surface area contributed by atoms with Gasteiger partial charge in [-0.2, -0.15) is 0 Å². The summed E-state index contributed by atoms with van der Waals surface area (Å²) in [6.45, 7) is 2.93. The molecule has 0 heterocycles. The lowest BCUT2D eigenvalue weighted by Gasteiger charge is -2.21. The Hall–Kier alpha value is -0.160. The van der Waals surface area contributed by atoms with Gasteiger partial charge in [-0.15, -0.1) is 0 Å². The van der Waals surface area contributed by atoms with Crippen molar-refractivity contribution in [3.8, 4) is 0 Å². The molecule has 0 saturated heterocycles. The van der Waals surface area contributed by atoms with Gasteiger partial charge in [-0.05, 0) is 13.8 Å². The minimum Gasteiger partial charge on any atom is -0.394 e. The maximum atomic E-state index is 9.03. The first-order chi connectivity index (χ1) is 5.11. The average Bonchev–Trinajstić information content (AvgIpc) is 1.98. The fourth-order valence-electron chi connectivity index (χ4n) is 0.723. The summed E-state index contributed by atoms with van der Waals surface area (Å²) in [7, 11) is 0. The zero-order valence-corrected chi connectivity index (χ0v) is 6.90. The Morgan fingerprint density at radius 2 is 1.73 bits per heavy atom. The van der Waals surface area contributed by atoms with Crippen molar-refractivity contribution in [1.29, 1.82) is 0 Å². The Bertz CT molecular complexity index is 94.4. The first-order valence-corrected chi connectivity index (χ1v) is 3.67. The fraction of sp³-hybridized carbons (Fsp3) is 1.00. The molecule has 4 heteroatoms. The summed E-state index contributed by atoms with van der Waals surface area (Å²) in [5.41, 5.74) is 0. The third kappa shape index (κ3) is 4.31. The molecule has 0 fully saturated rings. The van der Waals surface area contributed by atoms with Crippen LogP contribution in [0.3, 0.4) is 0 Å². The van der Waals surface area contributed by atoms with Crippen LogP contribution in [0.25, 0.3) is 0 Å². The summed E-state index contributed by atoms with van der Waals surface area (Å²) < 4.78 is 5.09. The maximum Gasteiger partial charge on any atom is 0.109 e. The second-order valence-corrected chi connectivity index (χ2v) is 2.66. The van der Waals surface area contributed by atoms with Crippen LogP contribution in [-0.2, 0) is 4.74 Å². The van der Waals surface area contributed by atoms with Gasteiger partial charge in [-0.3, -0.25) is 0 Å². The summed E-state index contributed by atoms with van der Waals surface area (Å²) in [6.07, 6.45) is -1.74. The molecule has 0 aromatic heterocycles. The van der Waals surface area contributed by atoms with E-state index in [1.807, 2.05) is 0 Å². The quantitative estimate of drug-likeness (QED) is 0.494. The van der Waals surface area contributed by atoms with Crippen LogP contribution in [0.2, 0.25) is 0 Å². The lowest BCUT2D eigenvalue weighted by Crippen LogP contribution is -2.36.